The molecular formula is C15H21ClO. The molecule has 0 saturated heterocycles. The van der Waals surface area contributed by atoms with Gasteiger partial charge in [0.25, 0.3) is 0 Å². The fourth-order valence-electron chi connectivity index (χ4n) is 2.70. The summed E-state index contributed by atoms with van der Waals surface area (Å²) in [6, 6.07) is 6.42. The third-order valence-corrected chi connectivity index (χ3v) is 4.63. The SMILES string of the molecule is COc1ccc2c(c1)CC(C(Cl)C(C)C)CC2. The average molecular weight is 253 g/mol. The van der Waals surface area contributed by atoms with Gasteiger partial charge in [-0.25, -0.2) is 0 Å². The molecular weight excluding hydrogens is 232 g/mol. The van der Waals surface area contributed by atoms with Gasteiger partial charge in [-0.3, -0.25) is 0 Å². The van der Waals surface area contributed by atoms with Crippen molar-refractivity contribution in [1.29, 1.82) is 0 Å². The standard InChI is InChI=1S/C15H21ClO/c1-10(2)15(16)12-5-4-11-6-7-14(17-3)9-13(11)8-12/h6-7,9-10,12,15H,4-5,8H2,1-3H3. The predicted molar refractivity (Wildman–Crippen MR) is 73.0 cm³/mol. The largest absolute Gasteiger partial charge is 0.497 e. The summed E-state index contributed by atoms with van der Waals surface area (Å²) < 4.78 is 5.29. The average Bonchev–Trinajstić information content (AvgIpc) is 2.36. The topological polar surface area (TPSA) is 9.23 Å². The molecule has 0 heterocycles. The number of alkyl halides is 1. The summed E-state index contributed by atoms with van der Waals surface area (Å²) in [6.07, 6.45) is 3.46. The Morgan fingerprint density at radius 1 is 1.29 bits per heavy atom. The van der Waals surface area contributed by atoms with Crippen LogP contribution in [0.15, 0.2) is 18.2 Å². The van der Waals surface area contributed by atoms with Crippen molar-refractivity contribution in [3.8, 4) is 5.75 Å². The summed E-state index contributed by atoms with van der Waals surface area (Å²) in [5.74, 6) is 2.12. The summed E-state index contributed by atoms with van der Waals surface area (Å²) in [7, 11) is 1.72. The highest BCUT2D eigenvalue weighted by molar-refractivity contribution is 6.21. The second kappa shape index (κ2) is 5.30. The minimum Gasteiger partial charge on any atom is -0.497 e. The highest BCUT2D eigenvalue weighted by Crippen LogP contribution is 2.34. The van der Waals surface area contributed by atoms with Gasteiger partial charge in [0.1, 0.15) is 5.75 Å². The van der Waals surface area contributed by atoms with E-state index in [4.69, 9.17) is 16.3 Å². The number of halogens is 1. The van der Waals surface area contributed by atoms with Crippen molar-refractivity contribution in [3.63, 3.8) is 0 Å². The normalized spacial score (nSPS) is 21.1. The zero-order chi connectivity index (χ0) is 12.4. The number of hydrogen-bond acceptors (Lipinski definition) is 1. The molecule has 0 saturated carbocycles. The van der Waals surface area contributed by atoms with Gasteiger partial charge in [-0.05, 0) is 54.4 Å². The highest BCUT2D eigenvalue weighted by Gasteiger charge is 2.26. The Labute approximate surface area is 109 Å². The van der Waals surface area contributed by atoms with Crippen LogP contribution in [0.4, 0.5) is 0 Å². The number of ether oxygens (including phenoxy) is 1. The molecule has 2 atom stereocenters. The van der Waals surface area contributed by atoms with Gasteiger partial charge in [-0.2, -0.15) is 0 Å². The molecule has 2 unspecified atom stereocenters. The molecule has 1 aliphatic carbocycles. The zero-order valence-electron chi connectivity index (χ0n) is 10.9. The summed E-state index contributed by atoms with van der Waals surface area (Å²) in [5.41, 5.74) is 2.89. The van der Waals surface area contributed by atoms with E-state index in [0.717, 1.165) is 18.6 Å². The van der Waals surface area contributed by atoms with Gasteiger partial charge in [0, 0.05) is 5.38 Å². The Balaban J connectivity index is 2.17. The van der Waals surface area contributed by atoms with Crippen LogP contribution in [0.5, 0.6) is 5.75 Å². The molecule has 0 aliphatic heterocycles. The quantitative estimate of drug-likeness (QED) is 0.737. The molecule has 0 spiro atoms. The lowest BCUT2D eigenvalue weighted by molar-refractivity contribution is 0.375. The van der Waals surface area contributed by atoms with Crippen LogP contribution in [0.2, 0.25) is 0 Å². The van der Waals surface area contributed by atoms with E-state index in [-0.39, 0.29) is 5.38 Å². The number of methoxy groups -OCH3 is 1. The molecule has 1 aromatic rings. The molecule has 1 aliphatic rings. The third-order valence-electron chi connectivity index (χ3n) is 3.77. The Bertz CT molecular complexity index is 387. The van der Waals surface area contributed by atoms with E-state index in [1.165, 1.54) is 17.5 Å². The van der Waals surface area contributed by atoms with E-state index in [1.54, 1.807) is 7.11 Å². The first-order valence-electron chi connectivity index (χ1n) is 6.41. The monoisotopic (exact) mass is 252 g/mol. The van der Waals surface area contributed by atoms with Crippen LogP contribution in [0.1, 0.15) is 31.4 Å². The first-order chi connectivity index (χ1) is 8.11. The van der Waals surface area contributed by atoms with Crippen LogP contribution in [0.3, 0.4) is 0 Å². The number of aryl methyl sites for hydroxylation is 1. The molecule has 0 fully saturated rings. The van der Waals surface area contributed by atoms with Gasteiger partial charge in [-0.15, -0.1) is 11.6 Å². The predicted octanol–water partition coefficient (Wildman–Crippen LogP) is 4.06. The minimum absolute atomic E-state index is 0.286. The van der Waals surface area contributed by atoms with Crippen molar-refractivity contribution in [1.82, 2.24) is 0 Å². The van der Waals surface area contributed by atoms with Crippen LogP contribution < -0.4 is 4.74 Å². The summed E-state index contributed by atoms with van der Waals surface area (Å²) in [5, 5.41) is 0.286. The van der Waals surface area contributed by atoms with E-state index in [2.05, 4.69) is 32.0 Å². The Hall–Kier alpha value is -0.690. The van der Waals surface area contributed by atoms with E-state index in [0.29, 0.717) is 11.8 Å². The lowest BCUT2D eigenvalue weighted by Gasteiger charge is -2.30. The van der Waals surface area contributed by atoms with Crippen LogP contribution in [0.25, 0.3) is 0 Å². The van der Waals surface area contributed by atoms with Crippen LogP contribution >= 0.6 is 11.6 Å². The molecule has 94 valence electrons. The summed E-state index contributed by atoms with van der Waals surface area (Å²) in [4.78, 5) is 0. The Morgan fingerprint density at radius 3 is 2.71 bits per heavy atom. The Kier molecular flexibility index (Phi) is 3.98. The second-order valence-corrected chi connectivity index (χ2v) is 5.83. The van der Waals surface area contributed by atoms with E-state index < -0.39 is 0 Å². The summed E-state index contributed by atoms with van der Waals surface area (Å²) >= 11 is 6.50. The number of hydrogen-bond donors (Lipinski definition) is 0. The lowest BCUT2D eigenvalue weighted by atomic mass is 9.79. The number of benzene rings is 1. The van der Waals surface area contributed by atoms with E-state index in [9.17, 15) is 0 Å². The molecule has 0 amide bonds. The smallest absolute Gasteiger partial charge is 0.119 e. The molecule has 2 heteroatoms. The van der Waals surface area contributed by atoms with Gasteiger partial charge < -0.3 is 4.74 Å². The number of fused-ring (bicyclic) bond motifs is 1. The minimum atomic E-state index is 0.286. The lowest BCUT2D eigenvalue weighted by Crippen LogP contribution is -2.26. The van der Waals surface area contributed by atoms with Crippen molar-refractivity contribution in [2.75, 3.05) is 7.11 Å². The molecule has 17 heavy (non-hydrogen) atoms. The van der Waals surface area contributed by atoms with Crippen LogP contribution in [-0.2, 0) is 12.8 Å². The fraction of sp³-hybridized carbons (Fsp3) is 0.600. The zero-order valence-corrected chi connectivity index (χ0v) is 11.6. The maximum absolute atomic E-state index is 6.50. The first kappa shape index (κ1) is 12.8. The highest BCUT2D eigenvalue weighted by atomic mass is 35.5. The van der Waals surface area contributed by atoms with Crippen molar-refractivity contribution < 1.29 is 4.74 Å². The van der Waals surface area contributed by atoms with Gasteiger partial charge in [0.05, 0.1) is 7.11 Å². The second-order valence-electron chi connectivity index (χ2n) is 5.33. The molecule has 1 aromatic carbocycles. The third kappa shape index (κ3) is 2.77. The van der Waals surface area contributed by atoms with Gasteiger partial charge in [-0.1, -0.05) is 19.9 Å². The van der Waals surface area contributed by atoms with Crippen molar-refractivity contribution in [3.05, 3.63) is 29.3 Å². The fourth-order valence-corrected chi connectivity index (χ4v) is 2.92. The Morgan fingerprint density at radius 2 is 2.06 bits per heavy atom. The molecule has 0 radical (unpaired) electrons. The first-order valence-corrected chi connectivity index (χ1v) is 6.85. The maximum Gasteiger partial charge on any atom is 0.119 e. The molecule has 1 nitrogen and oxygen atoms in total. The number of rotatable bonds is 3. The van der Waals surface area contributed by atoms with Crippen LogP contribution in [-0.4, -0.2) is 12.5 Å². The molecule has 2 rings (SSSR count). The maximum atomic E-state index is 6.50. The van der Waals surface area contributed by atoms with Gasteiger partial charge >= 0.3 is 0 Å². The van der Waals surface area contributed by atoms with Crippen molar-refractivity contribution in [2.45, 2.75) is 38.5 Å². The van der Waals surface area contributed by atoms with Crippen LogP contribution in [0, 0.1) is 11.8 Å². The van der Waals surface area contributed by atoms with E-state index in [1.807, 2.05) is 0 Å². The molecule has 0 N–H and O–H groups in total. The van der Waals surface area contributed by atoms with Gasteiger partial charge in [0.15, 0.2) is 0 Å². The van der Waals surface area contributed by atoms with Crippen molar-refractivity contribution in [2.24, 2.45) is 11.8 Å². The molecule has 0 bridgehead atoms. The van der Waals surface area contributed by atoms with Crippen molar-refractivity contribution >= 4 is 11.6 Å². The molecule has 0 aromatic heterocycles. The summed E-state index contributed by atoms with van der Waals surface area (Å²) in [6.45, 7) is 4.41. The van der Waals surface area contributed by atoms with Gasteiger partial charge in [0.2, 0.25) is 0 Å². The van der Waals surface area contributed by atoms with E-state index >= 15 is 0 Å².